The molecule has 0 aliphatic rings. The highest BCUT2D eigenvalue weighted by molar-refractivity contribution is 8.01. The molecule has 0 aliphatic heterocycles. The molecule has 0 spiro atoms. The Bertz CT molecular complexity index is 696. The van der Waals surface area contributed by atoms with Gasteiger partial charge < -0.3 is 10.1 Å². The van der Waals surface area contributed by atoms with Gasteiger partial charge in [-0.3, -0.25) is 9.59 Å². The van der Waals surface area contributed by atoms with Crippen molar-refractivity contribution in [2.24, 2.45) is 0 Å². The summed E-state index contributed by atoms with van der Waals surface area (Å²) < 4.78 is 7.39. The number of nitrogens with zero attached hydrogens (tertiary/aromatic N) is 3. The minimum atomic E-state index is -0.293. The number of thioether (sulfide) groups is 1. The molecule has 0 fully saturated rings. The maximum atomic E-state index is 12.1. The number of thiazole rings is 1. The van der Waals surface area contributed by atoms with Crippen LogP contribution in [0.2, 0.25) is 0 Å². The zero-order valence-electron chi connectivity index (χ0n) is 13.8. The highest BCUT2D eigenvalue weighted by Crippen LogP contribution is 2.23. The lowest BCUT2D eigenvalue weighted by Crippen LogP contribution is -2.18. The Balaban J connectivity index is 1.83. The average Bonchev–Trinajstić information content (AvgIpc) is 3.14. The van der Waals surface area contributed by atoms with Gasteiger partial charge in [0.05, 0.1) is 30.7 Å². The van der Waals surface area contributed by atoms with Crippen LogP contribution < -0.4 is 5.32 Å². The van der Waals surface area contributed by atoms with Crippen LogP contribution in [0.4, 0.5) is 5.82 Å². The fraction of sp³-hybridized carbons (Fsp3) is 0.467. The van der Waals surface area contributed by atoms with Crippen molar-refractivity contribution >= 4 is 40.8 Å². The van der Waals surface area contributed by atoms with Crippen LogP contribution in [0, 0.1) is 0 Å². The molecule has 0 bridgehead atoms. The number of aromatic nitrogens is 3. The van der Waals surface area contributed by atoms with Gasteiger partial charge in [0, 0.05) is 17.5 Å². The van der Waals surface area contributed by atoms with Gasteiger partial charge in [0.2, 0.25) is 5.91 Å². The van der Waals surface area contributed by atoms with E-state index in [4.69, 9.17) is 4.74 Å². The third-order valence-electron chi connectivity index (χ3n) is 2.92. The molecule has 1 N–H and O–H groups in total. The molecule has 2 aromatic rings. The molecule has 0 radical (unpaired) electrons. The van der Waals surface area contributed by atoms with E-state index in [0.29, 0.717) is 18.1 Å². The second-order valence-electron chi connectivity index (χ2n) is 5.18. The van der Waals surface area contributed by atoms with Gasteiger partial charge in [-0.25, -0.2) is 9.67 Å². The van der Waals surface area contributed by atoms with Gasteiger partial charge >= 0.3 is 5.97 Å². The number of nitrogens with one attached hydrogen (secondary N) is 1. The first-order valence-electron chi connectivity index (χ1n) is 7.55. The number of esters is 1. The van der Waals surface area contributed by atoms with E-state index in [1.807, 2.05) is 19.2 Å². The normalized spacial score (nSPS) is 10.8. The molecule has 1 amide bonds. The summed E-state index contributed by atoms with van der Waals surface area (Å²) in [5.41, 5.74) is 0.666. The fourth-order valence-electron chi connectivity index (χ4n) is 1.93. The molecule has 0 unspecified atom stereocenters. The molecule has 0 aliphatic carbocycles. The maximum absolute atomic E-state index is 12.1. The van der Waals surface area contributed by atoms with Crippen molar-refractivity contribution in [3.05, 3.63) is 23.3 Å². The van der Waals surface area contributed by atoms with Gasteiger partial charge in [0.25, 0.3) is 0 Å². The Morgan fingerprint density at radius 1 is 1.46 bits per heavy atom. The maximum Gasteiger partial charge on any atom is 0.311 e. The van der Waals surface area contributed by atoms with Gasteiger partial charge in [-0.1, -0.05) is 11.8 Å². The first-order chi connectivity index (χ1) is 11.5. The number of rotatable bonds is 8. The van der Waals surface area contributed by atoms with Gasteiger partial charge in [-0.2, -0.15) is 5.10 Å². The number of hydrogen-bond acceptors (Lipinski definition) is 7. The smallest absolute Gasteiger partial charge is 0.311 e. The molecule has 7 nitrogen and oxygen atoms in total. The second-order valence-corrected chi connectivity index (χ2v) is 7.26. The first kappa shape index (κ1) is 18.5. The van der Waals surface area contributed by atoms with E-state index in [9.17, 15) is 9.59 Å². The first-order valence-corrected chi connectivity index (χ1v) is 9.42. The number of amides is 1. The van der Waals surface area contributed by atoms with E-state index in [1.54, 1.807) is 23.9 Å². The molecule has 130 valence electrons. The van der Waals surface area contributed by atoms with Crippen molar-refractivity contribution in [1.82, 2.24) is 14.8 Å². The Kier molecular flexibility index (Phi) is 6.80. The monoisotopic (exact) mass is 368 g/mol. The van der Waals surface area contributed by atoms with E-state index >= 15 is 0 Å². The topological polar surface area (TPSA) is 86.1 Å². The zero-order chi connectivity index (χ0) is 17.5. The molecular weight excluding hydrogens is 348 g/mol. The van der Waals surface area contributed by atoms with E-state index in [1.165, 1.54) is 23.1 Å². The number of carbonyl (C=O) groups is 2. The minimum Gasteiger partial charge on any atom is -0.466 e. The number of anilines is 1. The van der Waals surface area contributed by atoms with E-state index in [-0.39, 0.29) is 30.1 Å². The van der Waals surface area contributed by atoms with E-state index in [2.05, 4.69) is 15.4 Å². The van der Waals surface area contributed by atoms with Crippen LogP contribution in [-0.2, 0) is 20.7 Å². The van der Waals surface area contributed by atoms with Crippen molar-refractivity contribution in [3.63, 3.8) is 0 Å². The van der Waals surface area contributed by atoms with Crippen LogP contribution in [0.5, 0.6) is 0 Å². The largest absolute Gasteiger partial charge is 0.466 e. The Hall–Kier alpha value is -1.87. The van der Waals surface area contributed by atoms with Gasteiger partial charge in [-0.15, -0.1) is 11.3 Å². The van der Waals surface area contributed by atoms with Crippen molar-refractivity contribution < 1.29 is 14.3 Å². The van der Waals surface area contributed by atoms with Crippen molar-refractivity contribution in [2.45, 2.75) is 37.6 Å². The summed E-state index contributed by atoms with van der Waals surface area (Å²) in [5, 5.41) is 8.83. The van der Waals surface area contributed by atoms with Crippen LogP contribution in [0.3, 0.4) is 0 Å². The highest BCUT2D eigenvalue weighted by atomic mass is 32.2. The molecule has 0 saturated heterocycles. The third-order valence-corrected chi connectivity index (χ3v) is 4.98. The van der Waals surface area contributed by atoms with Crippen LogP contribution in [-0.4, -0.2) is 39.0 Å². The highest BCUT2D eigenvalue weighted by Gasteiger charge is 2.12. The summed E-state index contributed by atoms with van der Waals surface area (Å²) in [7, 11) is 0. The lowest BCUT2D eigenvalue weighted by atomic mass is 10.3. The average molecular weight is 368 g/mol. The Morgan fingerprint density at radius 2 is 2.25 bits per heavy atom. The number of hydrogen-bond donors (Lipinski definition) is 1. The van der Waals surface area contributed by atoms with Crippen molar-refractivity contribution in [2.75, 3.05) is 17.7 Å². The summed E-state index contributed by atoms with van der Waals surface area (Å²) in [6, 6.07) is 1.94. The molecule has 9 heteroatoms. The Labute approximate surface area is 148 Å². The minimum absolute atomic E-state index is 0.121. The van der Waals surface area contributed by atoms with Crippen LogP contribution in [0.15, 0.2) is 22.0 Å². The van der Waals surface area contributed by atoms with Gasteiger partial charge in [0.1, 0.15) is 5.82 Å². The summed E-state index contributed by atoms with van der Waals surface area (Å²) in [5.74, 6) is 0.511. The number of ether oxygens (including phenoxy) is 1. The number of carbonyl (C=O) groups excluding carboxylic acids is 2. The van der Waals surface area contributed by atoms with Crippen LogP contribution in [0.25, 0.3) is 0 Å². The van der Waals surface area contributed by atoms with Gasteiger partial charge in [0.15, 0.2) is 4.34 Å². The van der Waals surface area contributed by atoms with E-state index < -0.39 is 0 Å². The predicted octanol–water partition coefficient (Wildman–Crippen LogP) is 2.76. The van der Waals surface area contributed by atoms with Crippen molar-refractivity contribution in [3.8, 4) is 0 Å². The Morgan fingerprint density at radius 3 is 2.96 bits per heavy atom. The van der Waals surface area contributed by atoms with E-state index in [0.717, 1.165) is 4.34 Å². The molecule has 2 aromatic heterocycles. The lowest BCUT2D eigenvalue weighted by molar-refractivity contribution is -0.142. The molecule has 0 atom stereocenters. The van der Waals surface area contributed by atoms with Crippen LogP contribution >= 0.6 is 23.1 Å². The fourth-order valence-corrected chi connectivity index (χ4v) is 3.57. The predicted molar refractivity (Wildman–Crippen MR) is 94.4 cm³/mol. The summed E-state index contributed by atoms with van der Waals surface area (Å²) in [4.78, 5) is 27.8. The second kappa shape index (κ2) is 8.84. The molecular formula is C15H20N4O3S2. The van der Waals surface area contributed by atoms with Gasteiger partial charge in [-0.05, 0) is 20.8 Å². The standard InChI is InChI=1S/C15H20N4O3S2/c1-4-22-14(21)7-11-8-23-15(17-11)24-9-13(20)18-12-5-6-16-19(12)10(2)3/h5-6,8,10H,4,7,9H2,1-3H3,(H,18,20). The zero-order valence-corrected chi connectivity index (χ0v) is 15.4. The molecule has 2 heterocycles. The third kappa shape index (κ3) is 5.34. The molecule has 0 saturated carbocycles. The van der Waals surface area contributed by atoms with Crippen LogP contribution in [0.1, 0.15) is 32.5 Å². The summed E-state index contributed by atoms with van der Waals surface area (Å²) >= 11 is 2.75. The SMILES string of the molecule is CCOC(=O)Cc1csc(SCC(=O)Nc2ccnn2C(C)C)n1. The lowest BCUT2D eigenvalue weighted by Gasteiger charge is -2.11. The quantitative estimate of drug-likeness (QED) is 0.569. The molecule has 0 aromatic carbocycles. The summed E-state index contributed by atoms with van der Waals surface area (Å²) in [6.45, 7) is 6.12. The van der Waals surface area contributed by atoms with Crippen molar-refractivity contribution in [1.29, 1.82) is 0 Å². The summed E-state index contributed by atoms with van der Waals surface area (Å²) in [6.07, 6.45) is 1.82. The molecule has 2 rings (SSSR count). The molecule has 24 heavy (non-hydrogen) atoms.